The first kappa shape index (κ1) is 21.1. The summed E-state index contributed by atoms with van der Waals surface area (Å²) < 4.78 is 27.0. The molecule has 4 heteroatoms. The largest absolute Gasteiger partial charge is 0.306 e. The molecule has 0 amide bonds. The van der Waals surface area contributed by atoms with Crippen LogP contribution in [0.2, 0.25) is 0 Å². The summed E-state index contributed by atoms with van der Waals surface area (Å²) in [6, 6.07) is 16.6. The number of nitrogens with zero attached hydrogens (tertiary/aromatic N) is 2. The van der Waals surface area contributed by atoms with Gasteiger partial charge in [0.1, 0.15) is 0 Å². The van der Waals surface area contributed by atoms with Crippen molar-refractivity contribution in [3.05, 3.63) is 71.3 Å². The van der Waals surface area contributed by atoms with Gasteiger partial charge in [0.2, 0.25) is 0 Å². The van der Waals surface area contributed by atoms with Crippen LogP contribution >= 0.6 is 0 Å². The number of nitriles is 1. The van der Waals surface area contributed by atoms with Crippen LogP contribution in [0.15, 0.2) is 48.5 Å². The van der Waals surface area contributed by atoms with Crippen LogP contribution in [0.25, 0.3) is 0 Å². The van der Waals surface area contributed by atoms with Crippen molar-refractivity contribution in [1.29, 1.82) is 5.26 Å². The maximum Gasteiger partial charge on any atom is 0.159 e. The Morgan fingerprint density at radius 2 is 1.74 bits per heavy atom. The van der Waals surface area contributed by atoms with E-state index in [0.29, 0.717) is 12.0 Å². The third-order valence-corrected chi connectivity index (χ3v) is 5.36. The molecule has 2 nitrogen and oxygen atoms in total. The first-order valence-electron chi connectivity index (χ1n) is 9.48. The van der Waals surface area contributed by atoms with Gasteiger partial charge in [-0.2, -0.15) is 5.26 Å². The van der Waals surface area contributed by atoms with Gasteiger partial charge in [-0.1, -0.05) is 50.2 Å². The number of rotatable bonds is 9. The summed E-state index contributed by atoms with van der Waals surface area (Å²) in [5, 5.41) is 9.90. The Morgan fingerprint density at radius 3 is 2.33 bits per heavy atom. The summed E-state index contributed by atoms with van der Waals surface area (Å²) in [4.78, 5) is 2.25. The van der Waals surface area contributed by atoms with Gasteiger partial charge in [-0.25, -0.2) is 8.78 Å². The topological polar surface area (TPSA) is 27.0 Å². The Hall–Kier alpha value is -2.25. The zero-order chi connectivity index (χ0) is 19.9. The van der Waals surface area contributed by atoms with Gasteiger partial charge in [-0.15, -0.1) is 0 Å². The zero-order valence-electron chi connectivity index (χ0n) is 16.4. The van der Waals surface area contributed by atoms with E-state index in [1.807, 2.05) is 32.0 Å². The van der Waals surface area contributed by atoms with E-state index in [1.54, 1.807) is 6.07 Å². The van der Waals surface area contributed by atoms with Gasteiger partial charge < -0.3 is 4.90 Å². The molecule has 27 heavy (non-hydrogen) atoms. The average Bonchev–Trinajstić information content (AvgIpc) is 2.66. The van der Waals surface area contributed by atoms with E-state index in [0.717, 1.165) is 32.0 Å². The van der Waals surface area contributed by atoms with Gasteiger partial charge in [-0.3, -0.25) is 0 Å². The van der Waals surface area contributed by atoms with E-state index in [-0.39, 0.29) is 5.92 Å². The lowest BCUT2D eigenvalue weighted by Gasteiger charge is -2.32. The van der Waals surface area contributed by atoms with Crippen molar-refractivity contribution < 1.29 is 8.78 Å². The fourth-order valence-electron chi connectivity index (χ4n) is 3.49. The standard InChI is InChI=1S/C23H28F2N2/c1-18(2)23(17-26,20-10-11-21(24)22(25)16-20)13-7-14-27(3)15-12-19-8-5-4-6-9-19/h4-6,8-11,16,18H,7,12-15H2,1-3H3. The first-order chi connectivity index (χ1) is 12.9. The molecule has 2 aromatic carbocycles. The number of hydrogen-bond acceptors (Lipinski definition) is 2. The lowest BCUT2D eigenvalue weighted by Crippen LogP contribution is -2.32. The molecule has 1 unspecified atom stereocenters. The summed E-state index contributed by atoms with van der Waals surface area (Å²) in [6.45, 7) is 5.72. The fourth-order valence-corrected chi connectivity index (χ4v) is 3.49. The maximum atomic E-state index is 13.7. The van der Waals surface area contributed by atoms with Crippen LogP contribution in [0.5, 0.6) is 0 Å². The molecule has 0 aromatic heterocycles. The molecule has 0 heterocycles. The minimum absolute atomic E-state index is 0.00184. The van der Waals surface area contributed by atoms with Crippen LogP contribution in [0, 0.1) is 28.9 Å². The van der Waals surface area contributed by atoms with Crippen molar-refractivity contribution in [3.8, 4) is 6.07 Å². The molecular formula is C23H28F2N2. The van der Waals surface area contributed by atoms with Crippen LogP contribution in [0.4, 0.5) is 8.78 Å². The highest BCUT2D eigenvalue weighted by Gasteiger charge is 2.36. The van der Waals surface area contributed by atoms with Gasteiger partial charge in [0.25, 0.3) is 0 Å². The Kier molecular flexibility index (Phi) is 7.50. The highest BCUT2D eigenvalue weighted by Crippen LogP contribution is 2.37. The molecule has 0 saturated carbocycles. The number of halogens is 2. The monoisotopic (exact) mass is 370 g/mol. The summed E-state index contributed by atoms with van der Waals surface area (Å²) in [6.07, 6.45) is 2.41. The average molecular weight is 370 g/mol. The minimum Gasteiger partial charge on any atom is -0.306 e. The Morgan fingerprint density at radius 1 is 1.04 bits per heavy atom. The van der Waals surface area contributed by atoms with Crippen molar-refractivity contribution in [3.63, 3.8) is 0 Å². The molecule has 144 valence electrons. The predicted molar refractivity (Wildman–Crippen MR) is 105 cm³/mol. The predicted octanol–water partition coefficient (Wildman–Crippen LogP) is 5.34. The zero-order valence-corrected chi connectivity index (χ0v) is 16.4. The van der Waals surface area contributed by atoms with Gasteiger partial charge in [0, 0.05) is 6.54 Å². The third kappa shape index (κ3) is 5.37. The van der Waals surface area contributed by atoms with Crippen LogP contribution in [0.1, 0.15) is 37.8 Å². The van der Waals surface area contributed by atoms with Crippen molar-refractivity contribution in [2.75, 3.05) is 20.1 Å². The van der Waals surface area contributed by atoms with Crippen molar-refractivity contribution in [2.24, 2.45) is 5.92 Å². The molecule has 0 fully saturated rings. The van der Waals surface area contributed by atoms with E-state index in [1.165, 1.54) is 11.6 Å². The maximum absolute atomic E-state index is 13.7. The lowest BCUT2D eigenvalue weighted by atomic mass is 9.70. The van der Waals surface area contributed by atoms with Crippen molar-refractivity contribution in [2.45, 2.75) is 38.5 Å². The van der Waals surface area contributed by atoms with Crippen molar-refractivity contribution >= 4 is 0 Å². The Bertz CT molecular complexity index is 768. The SMILES string of the molecule is CC(C)C(C#N)(CCCN(C)CCc1ccccc1)c1ccc(F)c(F)c1. The van der Waals surface area contributed by atoms with Gasteiger partial charge >= 0.3 is 0 Å². The lowest BCUT2D eigenvalue weighted by molar-refractivity contribution is 0.293. The van der Waals surface area contributed by atoms with Gasteiger partial charge in [-0.05, 0) is 62.0 Å². The van der Waals surface area contributed by atoms with E-state index in [4.69, 9.17) is 0 Å². The quantitative estimate of drug-likeness (QED) is 0.596. The van der Waals surface area contributed by atoms with E-state index >= 15 is 0 Å². The highest BCUT2D eigenvalue weighted by atomic mass is 19.2. The molecule has 0 bridgehead atoms. The van der Waals surface area contributed by atoms with Crippen LogP contribution in [0.3, 0.4) is 0 Å². The van der Waals surface area contributed by atoms with Crippen molar-refractivity contribution in [1.82, 2.24) is 4.90 Å². The normalized spacial score (nSPS) is 13.6. The summed E-state index contributed by atoms with van der Waals surface area (Å²) >= 11 is 0. The van der Waals surface area contributed by atoms with Crippen LogP contribution in [-0.4, -0.2) is 25.0 Å². The molecule has 0 saturated heterocycles. The first-order valence-corrected chi connectivity index (χ1v) is 9.48. The van der Waals surface area contributed by atoms with E-state index in [2.05, 4.69) is 30.1 Å². The second kappa shape index (κ2) is 9.62. The molecular weight excluding hydrogens is 342 g/mol. The van der Waals surface area contributed by atoms with Crippen LogP contribution < -0.4 is 0 Å². The molecule has 2 rings (SSSR count). The molecule has 0 aliphatic rings. The summed E-state index contributed by atoms with van der Waals surface area (Å²) in [7, 11) is 2.07. The third-order valence-electron chi connectivity index (χ3n) is 5.36. The summed E-state index contributed by atoms with van der Waals surface area (Å²) in [5.74, 6) is -1.77. The van der Waals surface area contributed by atoms with Gasteiger partial charge in [0.15, 0.2) is 11.6 Å². The molecule has 0 aliphatic carbocycles. The second-order valence-electron chi connectivity index (χ2n) is 7.51. The van der Waals surface area contributed by atoms with Crippen LogP contribution in [-0.2, 0) is 11.8 Å². The Balaban J connectivity index is 1.98. The number of likely N-dealkylation sites (N-methyl/N-ethyl adjacent to an activating group) is 1. The molecule has 1 atom stereocenters. The summed E-state index contributed by atoms with van der Waals surface area (Å²) in [5.41, 5.74) is 1.06. The van der Waals surface area contributed by atoms with E-state index < -0.39 is 17.0 Å². The molecule has 0 radical (unpaired) electrons. The molecule has 0 spiro atoms. The highest BCUT2D eigenvalue weighted by molar-refractivity contribution is 5.34. The van der Waals surface area contributed by atoms with E-state index in [9.17, 15) is 14.0 Å². The fraction of sp³-hybridized carbons (Fsp3) is 0.435. The molecule has 0 aliphatic heterocycles. The minimum atomic E-state index is -0.896. The Labute approximate surface area is 161 Å². The second-order valence-corrected chi connectivity index (χ2v) is 7.51. The smallest absolute Gasteiger partial charge is 0.159 e. The molecule has 0 N–H and O–H groups in total. The number of hydrogen-bond donors (Lipinski definition) is 0. The molecule has 2 aromatic rings. The van der Waals surface area contributed by atoms with Gasteiger partial charge in [0.05, 0.1) is 11.5 Å². The number of benzene rings is 2.